The Balaban J connectivity index is 2.46. The number of hydrogen-bond donors (Lipinski definition) is 2. The standard InChI is InChI=1S/C13H20FNO/c1-10(2)7-12(9-16)15-8-11-5-3-4-6-13(11)14/h3-6,10,12,15-16H,7-9H2,1-2H3. The van der Waals surface area contributed by atoms with E-state index in [0.29, 0.717) is 18.0 Å². The molecule has 1 unspecified atom stereocenters. The zero-order valence-electron chi connectivity index (χ0n) is 9.91. The summed E-state index contributed by atoms with van der Waals surface area (Å²) in [6.45, 7) is 4.76. The van der Waals surface area contributed by atoms with E-state index in [2.05, 4.69) is 19.2 Å². The Bertz CT molecular complexity index is 315. The zero-order chi connectivity index (χ0) is 12.0. The van der Waals surface area contributed by atoms with Crippen LogP contribution < -0.4 is 5.32 Å². The minimum absolute atomic E-state index is 0.0413. The monoisotopic (exact) mass is 225 g/mol. The minimum atomic E-state index is -0.198. The fourth-order valence-corrected chi connectivity index (χ4v) is 1.69. The molecule has 0 aliphatic carbocycles. The quantitative estimate of drug-likeness (QED) is 0.778. The van der Waals surface area contributed by atoms with Crippen LogP contribution in [-0.2, 0) is 6.54 Å². The van der Waals surface area contributed by atoms with E-state index in [-0.39, 0.29) is 18.5 Å². The Morgan fingerprint density at radius 2 is 2.00 bits per heavy atom. The molecule has 2 nitrogen and oxygen atoms in total. The van der Waals surface area contributed by atoms with Gasteiger partial charge in [-0.2, -0.15) is 0 Å². The number of hydrogen-bond acceptors (Lipinski definition) is 2. The van der Waals surface area contributed by atoms with Crippen LogP contribution >= 0.6 is 0 Å². The van der Waals surface area contributed by atoms with Gasteiger partial charge in [-0.15, -0.1) is 0 Å². The molecule has 1 aromatic rings. The van der Waals surface area contributed by atoms with Crippen molar-refractivity contribution in [2.24, 2.45) is 5.92 Å². The lowest BCUT2D eigenvalue weighted by molar-refractivity contribution is 0.223. The lowest BCUT2D eigenvalue weighted by atomic mass is 10.0. The average Bonchev–Trinajstić information content (AvgIpc) is 2.25. The van der Waals surface area contributed by atoms with E-state index >= 15 is 0 Å². The summed E-state index contributed by atoms with van der Waals surface area (Å²) in [4.78, 5) is 0. The van der Waals surface area contributed by atoms with E-state index in [1.807, 2.05) is 6.07 Å². The van der Waals surface area contributed by atoms with Crippen molar-refractivity contribution < 1.29 is 9.50 Å². The summed E-state index contributed by atoms with van der Waals surface area (Å²) in [5.74, 6) is 0.321. The van der Waals surface area contributed by atoms with Crippen LogP contribution in [0.3, 0.4) is 0 Å². The van der Waals surface area contributed by atoms with Gasteiger partial charge in [-0.25, -0.2) is 4.39 Å². The lowest BCUT2D eigenvalue weighted by Crippen LogP contribution is -2.33. The minimum Gasteiger partial charge on any atom is -0.395 e. The van der Waals surface area contributed by atoms with Gasteiger partial charge in [0.05, 0.1) is 6.61 Å². The summed E-state index contributed by atoms with van der Waals surface area (Å²) in [6, 6.07) is 6.74. The molecule has 0 saturated heterocycles. The Kier molecular flexibility index (Phi) is 5.43. The van der Waals surface area contributed by atoms with E-state index in [0.717, 1.165) is 6.42 Å². The zero-order valence-corrected chi connectivity index (χ0v) is 9.91. The maximum atomic E-state index is 13.3. The maximum Gasteiger partial charge on any atom is 0.127 e. The van der Waals surface area contributed by atoms with Gasteiger partial charge in [0.25, 0.3) is 0 Å². The molecule has 1 atom stereocenters. The van der Waals surface area contributed by atoms with Gasteiger partial charge in [-0.1, -0.05) is 32.0 Å². The molecule has 2 N–H and O–H groups in total. The van der Waals surface area contributed by atoms with Crippen LogP contribution in [0, 0.1) is 11.7 Å². The number of halogens is 1. The van der Waals surface area contributed by atoms with Gasteiger partial charge < -0.3 is 10.4 Å². The molecule has 0 radical (unpaired) electrons. The first-order chi connectivity index (χ1) is 7.63. The van der Waals surface area contributed by atoms with Crippen molar-refractivity contribution in [1.82, 2.24) is 5.32 Å². The summed E-state index contributed by atoms with van der Waals surface area (Å²) >= 11 is 0. The van der Waals surface area contributed by atoms with E-state index in [9.17, 15) is 4.39 Å². The lowest BCUT2D eigenvalue weighted by Gasteiger charge is -2.18. The first-order valence-corrected chi connectivity index (χ1v) is 5.71. The molecule has 3 heteroatoms. The van der Waals surface area contributed by atoms with E-state index in [1.54, 1.807) is 12.1 Å². The molecule has 0 bridgehead atoms. The number of rotatable bonds is 6. The van der Waals surface area contributed by atoms with Crippen LogP contribution in [0.25, 0.3) is 0 Å². The highest BCUT2D eigenvalue weighted by molar-refractivity contribution is 5.16. The van der Waals surface area contributed by atoms with Gasteiger partial charge in [-0.3, -0.25) is 0 Å². The fourth-order valence-electron chi connectivity index (χ4n) is 1.69. The van der Waals surface area contributed by atoms with Gasteiger partial charge in [-0.05, 0) is 18.4 Å². The van der Waals surface area contributed by atoms with Gasteiger partial charge in [0, 0.05) is 18.2 Å². The Morgan fingerprint density at radius 1 is 1.31 bits per heavy atom. The van der Waals surface area contributed by atoms with Gasteiger partial charge >= 0.3 is 0 Å². The molecule has 1 aromatic carbocycles. The summed E-state index contributed by atoms with van der Waals surface area (Å²) in [6.07, 6.45) is 0.894. The van der Waals surface area contributed by atoms with Crippen LogP contribution in [0.1, 0.15) is 25.8 Å². The Morgan fingerprint density at radius 3 is 2.56 bits per heavy atom. The first-order valence-electron chi connectivity index (χ1n) is 5.71. The normalized spacial score (nSPS) is 13.1. The third-order valence-electron chi connectivity index (χ3n) is 2.52. The summed E-state index contributed by atoms with van der Waals surface area (Å²) < 4.78 is 13.3. The molecule has 90 valence electrons. The van der Waals surface area contributed by atoms with Gasteiger partial charge in [0.15, 0.2) is 0 Å². The van der Waals surface area contributed by atoms with Crippen LogP contribution in [0.5, 0.6) is 0 Å². The fraction of sp³-hybridized carbons (Fsp3) is 0.538. The van der Waals surface area contributed by atoms with Crippen LogP contribution in [0.2, 0.25) is 0 Å². The SMILES string of the molecule is CC(C)CC(CO)NCc1ccccc1F. The van der Waals surface area contributed by atoms with E-state index in [1.165, 1.54) is 6.07 Å². The van der Waals surface area contributed by atoms with Crippen LogP contribution in [0.4, 0.5) is 4.39 Å². The van der Waals surface area contributed by atoms with E-state index < -0.39 is 0 Å². The molecule has 0 saturated carbocycles. The van der Waals surface area contributed by atoms with Crippen molar-refractivity contribution in [3.63, 3.8) is 0 Å². The molecule has 0 aliphatic heterocycles. The predicted octanol–water partition coefficient (Wildman–Crippen LogP) is 2.32. The predicted molar refractivity (Wildman–Crippen MR) is 63.6 cm³/mol. The number of aliphatic hydroxyl groups is 1. The van der Waals surface area contributed by atoms with Crippen molar-refractivity contribution in [3.05, 3.63) is 35.6 Å². The number of nitrogens with one attached hydrogen (secondary N) is 1. The number of benzene rings is 1. The Labute approximate surface area is 96.5 Å². The Hall–Kier alpha value is -0.930. The second-order valence-electron chi connectivity index (χ2n) is 4.48. The molecular formula is C13H20FNO. The summed E-state index contributed by atoms with van der Waals surface area (Å²) in [5.41, 5.74) is 0.643. The molecule has 1 rings (SSSR count). The van der Waals surface area contributed by atoms with Crippen LogP contribution in [0.15, 0.2) is 24.3 Å². The smallest absolute Gasteiger partial charge is 0.127 e. The highest BCUT2D eigenvalue weighted by Crippen LogP contribution is 2.08. The topological polar surface area (TPSA) is 32.3 Å². The van der Waals surface area contributed by atoms with Crippen molar-refractivity contribution in [2.45, 2.75) is 32.9 Å². The average molecular weight is 225 g/mol. The number of aliphatic hydroxyl groups excluding tert-OH is 1. The highest BCUT2D eigenvalue weighted by Gasteiger charge is 2.09. The second kappa shape index (κ2) is 6.61. The molecule has 0 fully saturated rings. The van der Waals surface area contributed by atoms with Gasteiger partial charge in [0.1, 0.15) is 5.82 Å². The summed E-state index contributed by atoms with van der Waals surface area (Å²) in [7, 11) is 0. The van der Waals surface area contributed by atoms with Crippen molar-refractivity contribution in [2.75, 3.05) is 6.61 Å². The second-order valence-corrected chi connectivity index (χ2v) is 4.48. The molecular weight excluding hydrogens is 205 g/mol. The maximum absolute atomic E-state index is 13.3. The molecule has 0 amide bonds. The third-order valence-corrected chi connectivity index (χ3v) is 2.52. The molecule has 16 heavy (non-hydrogen) atoms. The first kappa shape index (κ1) is 13.1. The van der Waals surface area contributed by atoms with Gasteiger partial charge in [0.2, 0.25) is 0 Å². The molecule has 0 aliphatic rings. The third kappa shape index (κ3) is 4.29. The van der Waals surface area contributed by atoms with Crippen molar-refractivity contribution in [3.8, 4) is 0 Å². The van der Waals surface area contributed by atoms with Crippen molar-refractivity contribution in [1.29, 1.82) is 0 Å². The molecule has 0 spiro atoms. The van der Waals surface area contributed by atoms with Crippen LogP contribution in [-0.4, -0.2) is 17.8 Å². The largest absolute Gasteiger partial charge is 0.395 e. The highest BCUT2D eigenvalue weighted by atomic mass is 19.1. The molecule has 0 heterocycles. The van der Waals surface area contributed by atoms with E-state index in [4.69, 9.17) is 5.11 Å². The molecule has 0 aromatic heterocycles. The van der Waals surface area contributed by atoms with Crippen molar-refractivity contribution >= 4 is 0 Å². The summed E-state index contributed by atoms with van der Waals surface area (Å²) in [5, 5.41) is 12.3.